The Kier molecular flexibility index (Phi) is 6.92. The van der Waals surface area contributed by atoms with Gasteiger partial charge in [-0.1, -0.05) is 12.1 Å². The summed E-state index contributed by atoms with van der Waals surface area (Å²) in [6.45, 7) is 3.73. The van der Waals surface area contributed by atoms with Gasteiger partial charge in [-0.25, -0.2) is 8.42 Å². The van der Waals surface area contributed by atoms with Crippen LogP contribution in [0.2, 0.25) is 0 Å². The van der Waals surface area contributed by atoms with E-state index in [9.17, 15) is 22.8 Å². The van der Waals surface area contributed by atoms with Crippen molar-refractivity contribution in [3.63, 3.8) is 0 Å². The lowest BCUT2D eigenvalue weighted by atomic mass is 9.95. The zero-order valence-electron chi connectivity index (χ0n) is 17.5. The summed E-state index contributed by atoms with van der Waals surface area (Å²) in [4.78, 5) is 40.1. The van der Waals surface area contributed by atoms with E-state index >= 15 is 0 Å². The van der Waals surface area contributed by atoms with E-state index in [4.69, 9.17) is 0 Å². The van der Waals surface area contributed by atoms with Gasteiger partial charge in [-0.15, -0.1) is 0 Å². The molecule has 2 saturated heterocycles. The Labute approximate surface area is 177 Å². The van der Waals surface area contributed by atoms with Crippen LogP contribution in [-0.2, 0) is 19.6 Å². The minimum atomic E-state index is -3.84. The Balaban J connectivity index is 1.55. The molecule has 30 heavy (non-hydrogen) atoms. The minimum absolute atomic E-state index is 0.0396. The molecule has 0 aliphatic carbocycles. The summed E-state index contributed by atoms with van der Waals surface area (Å²) in [5.41, 5.74) is 0.430. The fourth-order valence-corrected chi connectivity index (χ4v) is 5.11. The van der Waals surface area contributed by atoms with Crippen molar-refractivity contribution in [2.45, 2.75) is 37.5 Å². The molecule has 2 aliphatic rings. The van der Waals surface area contributed by atoms with Gasteiger partial charge in [-0.3, -0.25) is 14.4 Å². The molecule has 0 unspecified atom stereocenters. The third kappa shape index (κ3) is 4.89. The van der Waals surface area contributed by atoms with Gasteiger partial charge in [0.1, 0.15) is 0 Å². The van der Waals surface area contributed by atoms with Crippen molar-refractivity contribution in [3.05, 3.63) is 29.8 Å². The maximum absolute atomic E-state index is 12.7. The fourth-order valence-electron chi connectivity index (χ4n) is 3.99. The van der Waals surface area contributed by atoms with Crippen LogP contribution < -0.4 is 0 Å². The summed E-state index contributed by atoms with van der Waals surface area (Å²) in [6, 6.07) is 5.69. The minimum Gasteiger partial charge on any atom is -0.342 e. The number of hydrogen-bond donors (Lipinski definition) is 0. The third-order valence-electron chi connectivity index (χ3n) is 5.94. The molecule has 0 radical (unpaired) electrons. The fraction of sp³-hybridized carbons (Fsp3) is 0.571. The molecule has 0 bridgehead atoms. The first-order chi connectivity index (χ1) is 14.2. The molecule has 3 rings (SSSR count). The van der Waals surface area contributed by atoms with Crippen molar-refractivity contribution in [2.75, 3.05) is 39.8 Å². The van der Waals surface area contributed by atoms with Crippen molar-refractivity contribution in [1.82, 2.24) is 14.1 Å². The normalized spacial score (nSPS) is 18.1. The van der Waals surface area contributed by atoms with E-state index in [1.165, 1.54) is 38.2 Å². The number of rotatable bonds is 6. The van der Waals surface area contributed by atoms with Crippen molar-refractivity contribution in [1.29, 1.82) is 0 Å². The number of amides is 2. The van der Waals surface area contributed by atoms with E-state index in [-0.39, 0.29) is 35.0 Å². The maximum atomic E-state index is 12.7. The molecule has 2 heterocycles. The average Bonchev–Trinajstić information content (AvgIpc) is 3.28. The largest absolute Gasteiger partial charge is 0.342 e. The van der Waals surface area contributed by atoms with Crippen LogP contribution in [0.1, 0.15) is 43.0 Å². The van der Waals surface area contributed by atoms with Gasteiger partial charge in [-0.05, 0) is 44.7 Å². The monoisotopic (exact) mass is 435 g/mol. The molecule has 2 amide bonds. The van der Waals surface area contributed by atoms with Crippen LogP contribution in [0, 0.1) is 5.92 Å². The Hall–Kier alpha value is -2.26. The number of likely N-dealkylation sites (N-methyl/N-ethyl adjacent to an activating group) is 1. The summed E-state index contributed by atoms with van der Waals surface area (Å²) in [7, 11) is -2.47. The lowest BCUT2D eigenvalue weighted by molar-refractivity contribution is -0.140. The van der Waals surface area contributed by atoms with E-state index in [1.54, 1.807) is 4.90 Å². The zero-order valence-corrected chi connectivity index (χ0v) is 18.4. The number of nitrogens with zero attached hydrogens (tertiary/aromatic N) is 3. The Bertz CT molecular complexity index is 899. The van der Waals surface area contributed by atoms with Gasteiger partial charge in [0.25, 0.3) is 0 Å². The van der Waals surface area contributed by atoms with Crippen LogP contribution in [0.4, 0.5) is 0 Å². The molecule has 0 atom stereocenters. The average molecular weight is 436 g/mol. The highest BCUT2D eigenvalue weighted by Crippen LogP contribution is 2.23. The molecule has 9 heteroatoms. The van der Waals surface area contributed by atoms with E-state index < -0.39 is 10.0 Å². The first kappa shape index (κ1) is 22.4. The number of carbonyl (C=O) groups excluding carboxylic acids is 3. The molecule has 164 valence electrons. The van der Waals surface area contributed by atoms with Gasteiger partial charge in [0, 0.05) is 44.7 Å². The SMILES string of the molecule is CC(=O)c1ccc(S(=O)(=O)N(C)CC(=O)N2CCC(C(=O)N3CCCC3)CC2)cc1. The molecule has 2 fully saturated rings. The molecule has 8 nitrogen and oxygen atoms in total. The van der Waals surface area contributed by atoms with Crippen molar-refractivity contribution >= 4 is 27.6 Å². The number of ketones is 1. The number of Topliss-reactive ketones (excluding diaryl/α,β-unsaturated/α-hetero) is 1. The maximum Gasteiger partial charge on any atom is 0.243 e. The van der Waals surface area contributed by atoms with Crippen LogP contribution >= 0.6 is 0 Å². The zero-order chi connectivity index (χ0) is 21.9. The number of carbonyl (C=O) groups is 3. The topological polar surface area (TPSA) is 95.1 Å². The van der Waals surface area contributed by atoms with Gasteiger partial charge in [0.15, 0.2) is 5.78 Å². The molecule has 0 saturated carbocycles. The lowest BCUT2D eigenvalue weighted by Gasteiger charge is -2.33. The number of sulfonamides is 1. The van der Waals surface area contributed by atoms with Crippen LogP contribution in [0.15, 0.2) is 29.2 Å². The molecule has 1 aromatic carbocycles. The van der Waals surface area contributed by atoms with Crippen molar-refractivity contribution < 1.29 is 22.8 Å². The number of benzene rings is 1. The van der Waals surface area contributed by atoms with Crippen LogP contribution in [0.5, 0.6) is 0 Å². The Morgan fingerprint density at radius 2 is 1.53 bits per heavy atom. The Morgan fingerprint density at radius 1 is 0.967 bits per heavy atom. The number of likely N-dealkylation sites (tertiary alicyclic amines) is 2. The van der Waals surface area contributed by atoms with E-state index in [1.807, 2.05) is 4.90 Å². The molecule has 1 aromatic rings. The smallest absolute Gasteiger partial charge is 0.243 e. The summed E-state index contributed by atoms with van der Waals surface area (Å²) in [5, 5.41) is 0. The highest BCUT2D eigenvalue weighted by molar-refractivity contribution is 7.89. The predicted octanol–water partition coefficient (Wildman–Crippen LogP) is 1.37. The second-order valence-corrected chi connectivity index (χ2v) is 10.1. The summed E-state index contributed by atoms with van der Waals surface area (Å²) in [6.07, 6.45) is 3.34. The quantitative estimate of drug-likeness (QED) is 0.629. The third-order valence-corrected chi connectivity index (χ3v) is 7.76. The molecule has 0 aromatic heterocycles. The van der Waals surface area contributed by atoms with Crippen LogP contribution in [0.25, 0.3) is 0 Å². The highest BCUT2D eigenvalue weighted by atomic mass is 32.2. The molecule has 0 spiro atoms. The van der Waals surface area contributed by atoms with Gasteiger partial charge >= 0.3 is 0 Å². The van der Waals surface area contributed by atoms with Crippen molar-refractivity contribution in [3.8, 4) is 0 Å². The van der Waals surface area contributed by atoms with E-state index in [0.29, 0.717) is 31.5 Å². The second kappa shape index (κ2) is 9.26. The lowest BCUT2D eigenvalue weighted by Crippen LogP contribution is -2.47. The molecular weight excluding hydrogens is 406 g/mol. The van der Waals surface area contributed by atoms with Gasteiger partial charge < -0.3 is 9.80 Å². The van der Waals surface area contributed by atoms with Gasteiger partial charge in [0.05, 0.1) is 11.4 Å². The van der Waals surface area contributed by atoms with Crippen molar-refractivity contribution in [2.24, 2.45) is 5.92 Å². The van der Waals surface area contributed by atoms with E-state index in [0.717, 1.165) is 30.2 Å². The van der Waals surface area contributed by atoms with Gasteiger partial charge in [0.2, 0.25) is 21.8 Å². The highest BCUT2D eigenvalue weighted by Gasteiger charge is 2.32. The van der Waals surface area contributed by atoms with Crippen LogP contribution in [0.3, 0.4) is 0 Å². The molecule has 2 aliphatic heterocycles. The summed E-state index contributed by atoms with van der Waals surface area (Å²) >= 11 is 0. The number of hydrogen-bond acceptors (Lipinski definition) is 5. The van der Waals surface area contributed by atoms with E-state index in [2.05, 4.69) is 0 Å². The standard InChI is InChI=1S/C21H29N3O5S/c1-16(25)17-5-7-19(8-6-17)30(28,29)22(2)15-20(26)23-13-9-18(10-14-23)21(27)24-11-3-4-12-24/h5-8,18H,3-4,9-15H2,1-2H3. The predicted molar refractivity (Wildman–Crippen MR) is 111 cm³/mol. The first-order valence-electron chi connectivity index (χ1n) is 10.3. The summed E-state index contributed by atoms with van der Waals surface area (Å²) < 4.78 is 26.5. The number of piperidine rings is 1. The molecular formula is C21H29N3O5S. The van der Waals surface area contributed by atoms with Crippen LogP contribution in [-0.4, -0.2) is 79.9 Å². The van der Waals surface area contributed by atoms with Gasteiger partial charge in [-0.2, -0.15) is 4.31 Å². The second-order valence-electron chi connectivity index (χ2n) is 8.03. The Morgan fingerprint density at radius 3 is 2.07 bits per heavy atom. The molecule has 0 N–H and O–H groups in total. The first-order valence-corrected chi connectivity index (χ1v) is 11.8. The summed E-state index contributed by atoms with van der Waals surface area (Å²) in [5.74, 6) is -0.274.